The Morgan fingerprint density at radius 1 is 1.19 bits per heavy atom. The van der Waals surface area contributed by atoms with Gasteiger partial charge in [0, 0.05) is 40.5 Å². The van der Waals surface area contributed by atoms with E-state index in [1.54, 1.807) is 48.7 Å². The molecular weight excluding hydrogens is 574 g/mol. The van der Waals surface area contributed by atoms with Gasteiger partial charge < -0.3 is 20.4 Å². The lowest BCUT2D eigenvalue weighted by molar-refractivity contribution is -0.117. The van der Waals surface area contributed by atoms with Crippen LogP contribution in [-0.2, 0) is 14.3 Å². The maximum atomic E-state index is 13.1. The second kappa shape index (κ2) is 13.1. The number of anilines is 2. The van der Waals surface area contributed by atoms with Gasteiger partial charge in [0.25, 0.3) is 0 Å². The van der Waals surface area contributed by atoms with Gasteiger partial charge in [-0.1, -0.05) is 23.3 Å². The molecule has 43 heavy (non-hydrogen) atoms. The standard InChI is InChI=1S/C29H28ClN9O4/c1-17-3-9-22(34-27(41)12-5-18-13-19(30)6-10-25(18)39-16-32-37-38-39)28-31-15-24(36-28)21-8-7-20(33-29(42)43-2)14-23(21)35-26(40)11-4-17/h3,5-8,10,12-16,22H,4,9,11H2,1-2H3,(H,31,36)(H,33,42)(H,34,41)(H,35,40)/b12-5+,17-3?/t22-/m0/s1. The van der Waals surface area contributed by atoms with Gasteiger partial charge in [0.15, 0.2) is 0 Å². The minimum absolute atomic E-state index is 0.184. The molecule has 3 amide bonds. The van der Waals surface area contributed by atoms with E-state index in [4.69, 9.17) is 16.6 Å². The molecule has 1 aliphatic heterocycles. The summed E-state index contributed by atoms with van der Waals surface area (Å²) < 4.78 is 6.16. The van der Waals surface area contributed by atoms with Crippen molar-refractivity contribution >= 4 is 47.0 Å². The van der Waals surface area contributed by atoms with E-state index in [0.29, 0.717) is 57.6 Å². The van der Waals surface area contributed by atoms with Crippen molar-refractivity contribution in [3.05, 3.63) is 83.1 Å². The first kappa shape index (κ1) is 29.2. The number of aromatic amines is 1. The molecular formula is C29H28ClN9O4. The summed E-state index contributed by atoms with van der Waals surface area (Å²) in [5, 5.41) is 20.3. The molecule has 0 saturated heterocycles. The number of allylic oxidation sites excluding steroid dienone is 1. The Morgan fingerprint density at radius 2 is 2.05 bits per heavy atom. The number of rotatable bonds is 5. The lowest BCUT2D eigenvalue weighted by atomic mass is 10.1. The number of tetrazole rings is 1. The van der Waals surface area contributed by atoms with Crippen LogP contribution in [0.3, 0.4) is 0 Å². The smallest absolute Gasteiger partial charge is 0.411 e. The molecule has 3 heterocycles. The van der Waals surface area contributed by atoms with E-state index in [1.807, 2.05) is 13.0 Å². The fourth-order valence-electron chi connectivity index (χ4n) is 4.48. The number of H-pyrrole nitrogens is 1. The van der Waals surface area contributed by atoms with Gasteiger partial charge in [0.1, 0.15) is 12.2 Å². The summed E-state index contributed by atoms with van der Waals surface area (Å²) in [6.45, 7) is 1.94. The van der Waals surface area contributed by atoms with Crippen LogP contribution in [0.15, 0.2) is 66.6 Å². The summed E-state index contributed by atoms with van der Waals surface area (Å²) >= 11 is 6.21. The number of benzene rings is 2. The van der Waals surface area contributed by atoms with Crippen molar-refractivity contribution < 1.29 is 19.1 Å². The topological polar surface area (TPSA) is 169 Å². The van der Waals surface area contributed by atoms with E-state index in [1.165, 1.54) is 24.2 Å². The first-order chi connectivity index (χ1) is 20.8. The third-order valence-electron chi connectivity index (χ3n) is 6.69. The Labute approximate surface area is 251 Å². The Morgan fingerprint density at radius 3 is 2.84 bits per heavy atom. The summed E-state index contributed by atoms with van der Waals surface area (Å²) in [5.74, 6) is -0.000718. The summed E-state index contributed by atoms with van der Waals surface area (Å²) in [5.41, 5.74) is 4.40. The number of nitrogens with one attached hydrogen (secondary N) is 4. The van der Waals surface area contributed by atoms with Crippen molar-refractivity contribution in [2.75, 3.05) is 17.7 Å². The zero-order chi connectivity index (χ0) is 30.3. The molecule has 4 N–H and O–H groups in total. The van der Waals surface area contributed by atoms with E-state index in [0.717, 1.165) is 5.57 Å². The maximum Gasteiger partial charge on any atom is 0.411 e. The number of fused-ring (bicyclic) bond motifs is 4. The lowest BCUT2D eigenvalue weighted by Gasteiger charge is -2.14. The number of imidazole rings is 1. The van der Waals surface area contributed by atoms with Gasteiger partial charge >= 0.3 is 6.09 Å². The van der Waals surface area contributed by atoms with E-state index in [2.05, 4.69) is 41.2 Å². The number of methoxy groups -OCH3 is 1. The normalized spacial score (nSPS) is 15.3. The van der Waals surface area contributed by atoms with Crippen LogP contribution in [0, 0.1) is 0 Å². The average molecular weight is 602 g/mol. The Balaban J connectivity index is 1.43. The monoisotopic (exact) mass is 601 g/mol. The minimum Gasteiger partial charge on any atom is -0.453 e. The fourth-order valence-corrected chi connectivity index (χ4v) is 4.66. The highest BCUT2D eigenvalue weighted by molar-refractivity contribution is 6.30. The molecule has 1 atom stereocenters. The number of carbonyl (C=O) groups is 3. The van der Waals surface area contributed by atoms with Crippen LogP contribution < -0.4 is 16.0 Å². The molecule has 0 fully saturated rings. The molecule has 0 unspecified atom stereocenters. The van der Waals surface area contributed by atoms with Crippen molar-refractivity contribution in [2.24, 2.45) is 0 Å². The second-order valence-corrected chi connectivity index (χ2v) is 10.2. The molecule has 4 aromatic rings. The predicted molar refractivity (Wildman–Crippen MR) is 160 cm³/mol. The summed E-state index contributed by atoms with van der Waals surface area (Å²) in [7, 11) is 1.27. The van der Waals surface area contributed by atoms with Crippen molar-refractivity contribution in [1.29, 1.82) is 0 Å². The molecule has 13 nitrogen and oxygen atoms in total. The van der Waals surface area contributed by atoms with E-state index < -0.39 is 12.1 Å². The lowest BCUT2D eigenvalue weighted by Crippen LogP contribution is -2.27. The highest BCUT2D eigenvalue weighted by Crippen LogP contribution is 2.32. The zero-order valence-corrected chi connectivity index (χ0v) is 24.1. The third-order valence-corrected chi connectivity index (χ3v) is 6.93. The molecule has 2 aromatic heterocycles. The number of aromatic nitrogens is 6. The summed E-state index contributed by atoms with van der Waals surface area (Å²) in [6, 6.07) is 9.76. The van der Waals surface area contributed by atoms with Gasteiger partial charge in [-0.25, -0.2) is 9.78 Å². The molecule has 0 spiro atoms. The first-order valence-corrected chi connectivity index (χ1v) is 13.7. The van der Waals surface area contributed by atoms with Crippen LogP contribution in [0.4, 0.5) is 16.2 Å². The third kappa shape index (κ3) is 7.32. The van der Waals surface area contributed by atoms with Gasteiger partial charge in [0.05, 0.1) is 30.2 Å². The zero-order valence-electron chi connectivity index (χ0n) is 23.3. The molecule has 220 valence electrons. The highest BCUT2D eigenvalue weighted by atomic mass is 35.5. The van der Waals surface area contributed by atoms with Gasteiger partial charge in [-0.3, -0.25) is 14.9 Å². The number of halogens is 1. The molecule has 2 bridgehead atoms. The molecule has 5 rings (SSSR count). The summed E-state index contributed by atoms with van der Waals surface area (Å²) in [6.07, 6.45) is 8.79. The number of nitrogens with zero attached hydrogens (tertiary/aromatic N) is 5. The Bertz CT molecular complexity index is 1710. The van der Waals surface area contributed by atoms with Crippen LogP contribution >= 0.6 is 11.6 Å². The highest BCUT2D eigenvalue weighted by Gasteiger charge is 2.20. The molecule has 14 heteroatoms. The van der Waals surface area contributed by atoms with Crippen LogP contribution in [0.1, 0.15) is 43.6 Å². The average Bonchev–Trinajstić information content (AvgIpc) is 3.70. The molecule has 1 aliphatic rings. The predicted octanol–water partition coefficient (Wildman–Crippen LogP) is 4.82. The van der Waals surface area contributed by atoms with Crippen LogP contribution in [0.25, 0.3) is 23.0 Å². The van der Waals surface area contributed by atoms with Gasteiger partial charge in [-0.05, 0) is 72.7 Å². The van der Waals surface area contributed by atoms with Crippen LogP contribution in [-0.4, -0.2) is 55.2 Å². The Hall–Kier alpha value is -5.30. The van der Waals surface area contributed by atoms with E-state index in [9.17, 15) is 14.4 Å². The number of ether oxygens (including phenoxy) is 1. The largest absolute Gasteiger partial charge is 0.453 e. The molecule has 0 saturated carbocycles. The van der Waals surface area contributed by atoms with Crippen molar-refractivity contribution in [3.8, 4) is 16.9 Å². The number of hydrogen-bond donors (Lipinski definition) is 4. The maximum absolute atomic E-state index is 13.1. The van der Waals surface area contributed by atoms with Crippen molar-refractivity contribution in [1.82, 2.24) is 35.5 Å². The molecule has 0 aliphatic carbocycles. The SMILES string of the molecule is COC(=O)Nc1ccc2c(c1)NC(=O)CCC(C)=CC[C@H](NC(=O)/C=C/c1cc(Cl)ccc1-n1cnnn1)c1nc-2c[nH]1. The van der Waals surface area contributed by atoms with Gasteiger partial charge in [-0.2, -0.15) is 4.68 Å². The van der Waals surface area contributed by atoms with Crippen molar-refractivity contribution in [3.63, 3.8) is 0 Å². The quantitative estimate of drug-likeness (QED) is 0.186. The van der Waals surface area contributed by atoms with Gasteiger partial charge in [0.2, 0.25) is 11.8 Å². The van der Waals surface area contributed by atoms with Crippen LogP contribution in [0.2, 0.25) is 5.02 Å². The number of hydrogen-bond acceptors (Lipinski definition) is 8. The Kier molecular flexibility index (Phi) is 8.91. The fraction of sp³-hybridized carbons (Fsp3) is 0.207. The van der Waals surface area contributed by atoms with Crippen molar-refractivity contribution in [2.45, 2.75) is 32.2 Å². The molecule has 0 radical (unpaired) electrons. The number of carbonyl (C=O) groups excluding carboxylic acids is 3. The van der Waals surface area contributed by atoms with E-state index in [-0.39, 0.29) is 18.2 Å². The first-order valence-electron chi connectivity index (χ1n) is 13.3. The number of amides is 3. The van der Waals surface area contributed by atoms with Gasteiger partial charge in [-0.15, -0.1) is 5.10 Å². The summed E-state index contributed by atoms with van der Waals surface area (Å²) in [4.78, 5) is 45.6. The van der Waals surface area contributed by atoms with E-state index >= 15 is 0 Å². The second-order valence-electron chi connectivity index (χ2n) is 9.73. The molecule has 2 aromatic carbocycles. The van der Waals surface area contributed by atoms with Crippen LogP contribution in [0.5, 0.6) is 0 Å². The minimum atomic E-state index is -0.631.